The monoisotopic (exact) mass is 325 g/mol. The molecule has 21 heavy (non-hydrogen) atoms. The average Bonchev–Trinajstić information content (AvgIpc) is 2.85. The predicted octanol–water partition coefficient (Wildman–Crippen LogP) is 2.70. The number of rotatable bonds is 6. The molecule has 0 unspecified atom stereocenters. The first-order chi connectivity index (χ1) is 9.96. The van der Waals surface area contributed by atoms with Crippen LogP contribution >= 0.6 is 11.3 Å². The Labute approximate surface area is 129 Å². The summed E-state index contributed by atoms with van der Waals surface area (Å²) in [6.45, 7) is 4.83. The lowest BCUT2D eigenvalue weighted by Crippen LogP contribution is -2.27. The molecule has 2 aromatic rings. The van der Waals surface area contributed by atoms with Gasteiger partial charge in [0.25, 0.3) is 0 Å². The van der Waals surface area contributed by atoms with E-state index in [-0.39, 0.29) is 0 Å². The van der Waals surface area contributed by atoms with Gasteiger partial charge in [-0.2, -0.15) is 4.31 Å². The molecule has 1 heterocycles. The van der Waals surface area contributed by atoms with Crippen molar-refractivity contribution in [1.82, 2.24) is 9.29 Å². The van der Waals surface area contributed by atoms with E-state index in [1.54, 1.807) is 30.8 Å². The third kappa shape index (κ3) is 3.42. The minimum Gasteiger partial charge on any atom is -0.384 e. The zero-order valence-electron chi connectivity index (χ0n) is 12.3. The molecule has 0 aliphatic heterocycles. The molecular weight excluding hydrogens is 306 g/mol. The number of nitrogens with one attached hydrogen (secondary N) is 1. The molecule has 5 nitrogen and oxygen atoms in total. The summed E-state index contributed by atoms with van der Waals surface area (Å²) in [4.78, 5) is 5.42. The predicted molar refractivity (Wildman–Crippen MR) is 86.1 cm³/mol. The van der Waals surface area contributed by atoms with Crippen LogP contribution in [-0.2, 0) is 16.6 Å². The van der Waals surface area contributed by atoms with Gasteiger partial charge in [-0.25, -0.2) is 13.4 Å². The first-order valence-corrected chi connectivity index (χ1v) is 8.97. The topological polar surface area (TPSA) is 62.3 Å². The first-order valence-electron chi connectivity index (χ1n) is 6.65. The van der Waals surface area contributed by atoms with Crippen molar-refractivity contribution in [2.24, 2.45) is 0 Å². The molecule has 0 bridgehead atoms. The molecule has 7 heteroatoms. The lowest BCUT2D eigenvalue weighted by atomic mass is 10.3. The molecular formula is C14H19N3O2S2. The molecule has 114 valence electrons. The van der Waals surface area contributed by atoms with Crippen molar-refractivity contribution in [1.29, 1.82) is 0 Å². The molecule has 0 saturated carbocycles. The number of sulfonamides is 1. The Bertz CT molecular complexity index is 711. The van der Waals surface area contributed by atoms with E-state index in [4.69, 9.17) is 0 Å². The SMILES string of the molecule is CCNc1ccccc1S(=O)(=O)N(C)Cc1scnc1C. The van der Waals surface area contributed by atoms with E-state index in [1.807, 2.05) is 19.9 Å². The highest BCUT2D eigenvalue weighted by Gasteiger charge is 2.24. The highest BCUT2D eigenvalue weighted by Crippen LogP contribution is 2.25. The molecule has 0 fully saturated rings. The maximum absolute atomic E-state index is 12.7. The van der Waals surface area contributed by atoms with Gasteiger partial charge in [-0.15, -0.1) is 11.3 Å². The van der Waals surface area contributed by atoms with E-state index < -0.39 is 10.0 Å². The van der Waals surface area contributed by atoms with Gasteiger partial charge >= 0.3 is 0 Å². The summed E-state index contributed by atoms with van der Waals surface area (Å²) in [6.07, 6.45) is 0. The quantitative estimate of drug-likeness (QED) is 0.887. The largest absolute Gasteiger partial charge is 0.384 e. The Balaban J connectivity index is 2.31. The van der Waals surface area contributed by atoms with Crippen molar-refractivity contribution in [2.45, 2.75) is 25.3 Å². The number of aryl methyl sites for hydroxylation is 1. The van der Waals surface area contributed by atoms with Crippen LogP contribution in [0.25, 0.3) is 0 Å². The first kappa shape index (κ1) is 15.9. The van der Waals surface area contributed by atoms with Gasteiger partial charge in [0.2, 0.25) is 10.0 Å². The van der Waals surface area contributed by atoms with Crippen LogP contribution in [0.4, 0.5) is 5.69 Å². The molecule has 0 spiro atoms. The summed E-state index contributed by atoms with van der Waals surface area (Å²) in [5, 5.41) is 3.09. The van der Waals surface area contributed by atoms with Crippen LogP contribution in [0.15, 0.2) is 34.7 Å². The van der Waals surface area contributed by atoms with E-state index >= 15 is 0 Å². The smallest absolute Gasteiger partial charge is 0.245 e. The van der Waals surface area contributed by atoms with Crippen molar-refractivity contribution in [3.63, 3.8) is 0 Å². The van der Waals surface area contributed by atoms with E-state index in [0.717, 1.165) is 10.6 Å². The second-order valence-corrected chi connectivity index (χ2v) is 7.60. The van der Waals surface area contributed by atoms with Gasteiger partial charge in [0.15, 0.2) is 0 Å². The number of benzene rings is 1. The fraction of sp³-hybridized carbons (Fsp3) is 0.357. The molecule has 0 saturated heterocycles. The molecule has 1 N–H and O–H groups in total. The third-order valence-electron chi connectivity index (χ3n) is 3.15. The van der Waals surface area contributed by atoms with Crippen LogP contribution in [-0.4, -0.2) is 31.3 Å². The van der Waals surface area contributed by atoms with Gasteiger partial charge in [-0.1, -0.05) is 12.1 Å². The van der Waals surface area contributed by atoms with Crippen LogP contribution < -0.4 is 5.32 Å². The number of thiazole rings is 1. The molecule has 2 rings (SSSR count). The number of hydrogen-bond acceptors (Lipinski definition) is 5. The summed E-state index contributed by atoms with van der Waals surface area (Å²) in [5.41, 5.74) is 3.24. The summed E-state index contributed by atoms with van der Waals surface area (Å²) in [6, 6.07) is 6.97. The minimum atomic E-state index is -3.53. The summed E-state index contributed by atoms with van der Waals surface area (Å²) >= 11 is 1.47. The Morgan fingerprint density at radius 2 is 2.05 bits per heavy atom. The standard InChI is InChI=1S/C14H19N3O2S2/c1-4-15-12-7-5-6-8-14(12)21(18,19)17(3)9-13-11(2)16-10-20-13/h5-8,10,15H,4,9H2,1-3H3. The normalized spacial score (nSPS) is 11.8. The Kier molecular flexibility index (Phi) is 4.97. The summed E-state index contributed by atoms with van der Waals surface area (Å²) in [7, 11) is -1.94. The van der Waals surface area contributed by atoms with Crippen LogP contribution in [0.5, 0.6) is 0 Å². The van der Waals surface area contributed by atoms with Gasteiger partial charge < -0.3 is 5.32 Å². The third-order valence-corrected chi connectivity index (χ3v) is 5.94. The van der Waals surface area contributed by atoms with E-state index in [0.29, 0.717) is 23.7 Å². The molecule has 1 aromatic carbocycles. The van der Waals surface area contributed by atoms with Crippen molar-refractivity contribution in [3.05, 3.63) is 40.3 Å². The second kappa shape index (κ2) is 6.55. The number of para-hydroxylation sites is 1. The van der Waals surface area contributed by atoms with Crippen LogP contribution in [0.1, 0.15) is 17.5 Å². The average molecular weight is 325 g/mol. The number of aromatic nitrogens is 1. The van der Waals surface area contributed by atoms with Crippen LogP contribution in [0.2, 0.25) is 0 Å². The molecule has 0 aliphatic rings. The highest BCUT2D eigenvalue weighted by molar-refractivity contribution is 7.89. The molecule has 0 aliphatic carbocycles. The zero-order valence-corrected chi connectivity index (χ0v) is 14.0. The molecule has 0 amide bonds. The van der Waals surface area contributed by atoms with E-state index in [9.17, 15) is 8.42 Å². The van der Waals surface area contributed by atoms with Gasteiger partial charge in [0.1, 0.15) is 4.90 Å². The minimum absolute atomic E-state index is 0.302. The van der Waals surface area contributed by atoms with Crippen LogP contribution in [0.3, 0.4) is 0 Å². The van der Waals surface area contributed by atoms with Gasteiger partial charge in [-0.3, -0.25) is 0 Å². The maximum atomic E-state index is 12.7. The van der Waals surface area contributed by atoms with Crippen molar-refractivity contribution >= 4 is 27.0 Å². The Hall–Kier alpha value is -1.44. The van der Waals surface area contributed by atoms with Gasteiger partial charge in [-0.05, 0) is 26.0 Å². The van der Waals surface area contributed by atoms with Crippen molar-refractivity contribution < 1.29 is 8.42 Å². The van der Waals surface area contributed by atoms with Crippen molar-refractivity contribution in [3.8, 4) is 0 Å². The van der Waals surface area contributed by atoms with Gasteiger partial charge in [0, 0.05) is 25.0 Å². The van der Waals surface area contributed by atoms with E-state index in [2.05, 4.69) is 10.3 Å². The Morgan fingerprint density at radius 1 is 1.33 bits per heavy atom. The lowest BCUT2D eigenvalue weighted by molar-refractivity contribution is 0.469. The fourth-order valence-corrected chi connectivity index (χ4v) is 4.18. The second-order valence-electron chi connectivity index (χ2n) is 4.65. The van der Waals surface area contributed by atoms with Crippen LogP contribution in [0, 0.1) is 6.92 Å². The molecule has 1 aromatic heterocycles. The van der Waals surface area contributed by atoms with Gasteiger partial charge in [0.05, 0.1) is 16.9 Å². The number of hydrogen-bond donors (Lipinski definition) is 1. The summed E-state index contributed by atoms with van der Waals surface area (Å²) < 4.78 is 26.8. The lowest BCUT2D eigenvalue weighted by Gasteiger charge is -2.19. The molecule has 0 radical (unpaired) electrons. The zero-order chi connectivity index (χ0) is 15.5. The maximum Gasteiger partial charge on any atom is 0.245 e. The fourth-order valence-electron chi connectivity index (χ4n) is 1.96. The highest BCUT2D eigenvalue weighted by atomic mass is 32.2. The number of nitrogens with zero attached hydrogens (tertiary/aromatic N) is 2. The summed E-state index contributed by atoms with van der Waals surface area (Å²) in [5.74, 6) is 0. The number of anilines is 1. The van der Waals surface area contributed by atoms with Crippen molar-refractivity contribution in [2.75, 3.05) is 18.9 Å². The van der Waals surface area contributed by atoms with E-state index in [1.165, 1.54) is 15.6 Å². The Morgan fingerprint density at radius 3 is 2.67 bits per heavy atom. The molecule has 0 atom stereocenters.